The first-order chi connectivity index (χ1) is 18.0. The van der Waals surface area contributed by atoms with Gasteiger partial charge in [-0.3, -0.25) is 14.9 Å². The Balaban J connectivity index is 1.52. The maximum atomic E-state index is 13.6. The first-order valence-corrected chi connectivity index (χ1v) is 11.8. The normalized spacial score (nSPS) is 14.1. The second kappa shape index (κ2) is 10.5. The molecular formula is C29H20ClN3O4. The summed E-state index contributed by atoms with van der Waals surface area (Å²) < 4.78 is 6.08. The first-order valence-electron chi connectivity index (χ1n) is 11.4. The fraction of sp³-hybridized carbons (Fsp3) is 0.0345. The lowest BCUT2D eigenvalue weighted by Crippen LogP contribution is -2.21. The van der Waals surface area contributed by atoms with E-state index in [2.05, 4.69) is 5.10 Å². The molecule has 0 fully saturated rings. The van der Waals surface area contributed by atoms with Crippen LogP contribution in [0.15, 0.2) is 114 Å². The van der Waals surface area contributed by atoms with Crippen molar-refractivity contribution in [2.24, 2.45) is 5.10 Å². The minimum atomic E-state index is -0.487. The highest BCUT2D eigenvalue weighted by atomic mass is 35.5. The molecule has 1 heterocycles. The molecule has 7 nitrogen and oxygen atoms in total. The molecule has 0 saturated carbocycles. The average molecular weight is 510 g/mol. The van der Waals surface area contributed by atoms with Crippen molar-refractivity contribution in [3.8, 4) is 5.75 Å². The van der Waals surface area contributed by atoms with Crippen LogP contribution in [0.4, 0.5) is 11.4 Å². The average Bonchev–Trinajstić information content (AvgIpc) is 3.25. The van der Waals surface area contributed by atoms with Gasteiger partial charge in [0.15, 0.2) is 0 Å². The number of carbonyl (C=O) groups is 1. The van der Waals surface area contributed by atoms with Crippen molar-refractivity contribution < 1.29 is 14.5 Å². The lowest BCUT2D eigenvalue weighted by atomic mass is 10.00. The Labute approximate surface area is 218 Å². The highest BCUT2D eigenvalue weighted by molar-refractivity contribution is 6.37. The van der Waals surface area contributed by atoms with Gasteiger partial charge in [0.25, 0.3) is 11.6 Å². The Hall–Kier alpha value is -4.75. The predicted molar refractivity (Wildman–Crippen MR) is 144 cm³/mol. The number of amides is 1. The monoisotopic (exact) mass is 509 g/mol. The highest BCUT2D eigenvalue weighted by Crippen LogP contribution is 2.31. The molecule has 1 aliphatic heterocycles. The van der Waals surface area contributed by atoms with E-state index in [1.54, 1.807) is 12.1 Å². The number of halogens is 1. The van der Waals surface area contributed by atoms with Crippen molar-refractivity contribution in [1.82, 2.24) is 0 Å². The maximum absolute atomic E-state index is 13.6. The quantitative estimate of drug-likeness (QED) is 0.158. The van der Waals surface area contributed by atoms with Gasteiger partial charge < -0.3 is 4.74 Å². The molecule has 0 radical (unpaired) electrons. The second-order valence-electron chi connectivity index (χ2n) is 8.18. The summed E-state index contributed by atoms with van der Waals surface area (Å²) in [5.41, 5.74) is 3.54. The fourth-order valence-electron chi connectivity index (χ4n) is 3.90. The molecule has 0 bridgehead atoms. The van der Waals surface area contributed by atoms with Gasteiger partial charge in [-0.05, 0) is 30.3 Å². The topological polar surface area (TPSA) is 85.0 Å². The minimum absolute atomic E-state index is 0.0666. The number of hydrogen-bond donors (Lipinski definition) is 0. The Morgan fingerprint density at radius 2 is 1.57 bits per heavy atom. The lowest BCUT2D eigenvalue weighted by Gasteiger charge is -2.12. The summed E-state index contributed by atoms with van der Waals surface area (Å²) in [5, 5.41) is 17.5. The summed E-state index contributed by atoms with van der Waals surface area (Å²) in [6.45, 7) is 0.266. The molecule has 0 saturated heterocycles. The molecule has 8 heteroatoms. The largest absolute Gasteiger partial charge is 0.488 e. The van der Waals surface area contributed by atoms with Crippen molar-refractivity contribution in [2.75, 3.05) is 5.01 Å². The molecule has 0 N–H and O–H groups in total. The summed E-state index contributed by atoms with van der Waals surface area (Å²) in [5.74, 6) is 0.234. The molecule has 37 heavy (non-hydrogen) atoms. The number of non-ortho nitro benzene ring substituents is 1. The van der Waals surface area contributed by atoms with Crippen LogP contribution in [-0.4, -0.2) is 16.5 Å². The van der Waals surface area contributed by atoms with E-state index in [1.165, 1.54) is 29.3 Å². The van der Waals surface area contributed by atoms with Crippen LogP contribution in [0.5, 0.6) is 5.75 Å². The molecule has 0 spiro atoms. The molecule has 0 aliphatic carbocycles. The Kier molecular flexibility index (Phi) is 6.78. The zero-order chi connectivity index (χ0) is 25.8. The second-order valence-corrected chi connectivity index (χ2v) is 8.59. The summed E-state index contributed by atoms with van der Waals surface area (Å²) >= 11 is 6.28. The van der Waals surface area contributed by atoms with E-state index < -0.39 is 4.92 Å². The Morgan fingerprint density at radius 1 is 0.892 bits per heavy atom. The van der Waals surface area contributed by atoms with E-state index in [-0.39, 0.29) is 18.2 Å². The minimum Gasteiger partial charge on any atom is -0.488 e. The summed E-state index contributed by atoms with van der Waals surface area (Å²) in [7, 11) is 0. The van der Waals surface area contributed by atoms with E-state index >= 15 is 0 Å². The third kappa shape index (κ3) is 5.12. The number of anilines is 1. The van der Waals surface area contributed by atoms with E-state index in [1.807, 2.05) is 72.8 Å². The molecule has 0 aromatic heterocycles. The number of hydrazone groups is 1. The van der Waals surface area contributed by atoms with Crippen LogP contribution < -0.4 is 9.75 Å². The zero-order valence-electron chi connectivity index (χ0n) is 19.5. The number of nitro groups is 1. The van der Waals surface area contributed by atoms with Gasteiger partial charge in [0.1, 0.15) is 18.1 Å². The third-order valence-electron chi connectivity index (χ3n) is 5.79. The highest BCUT2D eigenvalue weighted by Gasteiger charge is 2.32. The Bertz CT molecular complexity index is 1530. The van der Waals surface area contributed by atoms with Gasteiger partial charge in [0.05, 0.1) is 16.2 Å². The number of benzene rings is 4. The molecule has 0 atom stereocenters. The van der Waals surface area contributed by atoms with Crippen LogP contribution in [0.2, 0.25) is 5.02 Å². The maximum Gasteiger partial charge on any atom is 0.281 e. The number of nitro benzene ring substituents is 1. The van der Waals surface area contributed by atoms with Crippen LogP contribution in [0.25, 0.3) is 6.08 Å². The SMILES string of the molecule is O=C1C(=Cc2ccccc2OCc2ccccc2Cl)C(c2ccccc2)=NN1c1ccc([N+](=O)[O-])cc1. The standard InChI is InChI=1S/C29H20ClN3O4/c30-26-12-6-4-11-22(26)19-37-27-13-7-5-10-21(27)18-25-28(20-8-2-1-3-9-20)31-32(29(25)34)23-14-16-24(17-15-23)33(35)36/h1-18H,19H2. The Morgan fingerprint density at radius 3 is 2.30 bits per heavy atom. The van der Waals surface area contributed by atoms with Gasteiger partial charge in [-0.1, -0.05) is 78.3 Å². The van der Waals surface area contributed by atoms with Gasteiger partial charge >= 0.3 is 0 Å². The molecule has 5 rings (SSSR count). The number of nitrogens with zero attached hydrogens (tertiary/aromatic N) is 3. The number of rotatable bonds is 7. The van der Waals surface area contributed by atoms with Crippen molar-refractivity contribution in [3.63, 3.8) is 0 Å². The van der Waals surface area contributed by atoms with Crippen LogP contribution in [-0.2, 0) is 11.4 Å². The molecule has 182 valence electrons. The summed E-state index contributed by atoms with van der Waals surface area (Å²) in [4.78, 5) is 24.2. The van der Waals surface area contributed by atoms with Crippen molar-refractivity contribution in [1.29, 1.82) is 0 Å². The number of hydrogen-bond acceptors (Lipinski definition) is 5. The lowest BCUT2D eigenvalue weighted by molar-refractivity contribution is -0.384. The molecule has 0 unspecified atom stereocenters. The number of para-hydroxylation sites is 1. The van der Waals surface area contributed by atoms with Crippen LogP contribution in [0.3, 0.4) is 0 Å². The first kappa shape index (κ1) is 24.0. The van der Waals surface area contributed by atoms with Crippen LogP contribution >= 0.6 is 11.6 Å². The third-order valence-corrected chi connectivity index (χ3v) is 6.16. The molecule has 1 amide bonds. The van der Waals surface area contributed by atoms with Crippen molar-refractivity contribution >= 4 is 40.7 Å². The van der Waals surface area contributed by atoms with Crippen LogP contribution in [0.1, 0.15) is 16.7 Å². The van der Waals surface area contributed by atoms with E-state index in [4.69, 9.17) is 16.3 Å². The molecular weight excluding hydrogens is 490 g/mol. The summed E-state index contributed by atoms with van der Waals surface area (Å²) in [6.07, 6.45) is 1.75. The van der Waals surface area contributed by atoms with Gasteiger partial charge in [0, 0.05) is 33.8 Å². The van der Waals surface area contributed by atoms with Crippen molar-refractivity contribution in [3.05, 3.63) is 141 Å². The predicted octanol–water partition coefficient (Wildman–Crippen LogP) is 6.66. The smallest absolute Gasteiger partial charge is 0.281 e. The van der Waals surface area contributed by atoms with E-state index in [0.29, 0.717) is 33.3 Å². The summed E-state index contributed by atoms with van der Waals surface area (Å²) in [6, 6.07) is 29.9. The van der Waals surface area contributed by atoms with Crippen LogP contribution in [0, 0.1) is 10.1 Å². The fourth-order valence-corrected chi connectivity index (χ4v) is 4.09. The number of carbonyl (C=O) groups excluding carboxylic acids is 1. The molecule has 4 aromatic rings. The van der Waals surface area contributed by atoms with Gasteiger partial charge in [-0.25, -0.2) is 0 Å². The van der Waals surface area contributed by atoms with E-state index in [9.17, 15) is 14.9 Å². The van der Waals surface area contributed by atoms with Gasteiger partial charge in [-0.2, -0.15) is 10.1 Å². The van der Waals surface area contributed by atoms with Gasteiger partial charge in [-0.15, -0.1) is 0 Å². The van der Waals surface area contributed by atoms with E-state index in [0.717, 1.165) is 11.1 Å². The van der Waals surface area contributed by atoms with Gasteiger partial charge in [0.2, 0.25) is 0 Å². The molecule has 4 aromatic carbocycles. The molecule has 1 aliphatic rings. The number of ether oxygens (including phenoxy) is 1. The zero-order valence-corrected chi connectivity index (χ0v) is 20.2. The van der Waals surface area contributed by atoms with Crippen molar-refractivity contribution in [2.45, 2.75) is 6.61 Å².